The average Bonchev–Trinajstić information content (AvgIpc) is 3.03. The van der Waals surface area contributed by atoms with Crippen molar-refractivity contribution in [3.8, 4) is 5.75 Å². The summed E-state index contributed by atoms with van der Waals surface area (Å²) in [7, 11) is 3.44. The molecule has 0 amide bonds. The van der Waals surface area contributed by atoms with Crippen molar-refractivity contribution in [3.05, 3.63) is 99.7 Å². The summed E-state index contributed by atoms with van der Waals surface area (Å²) in [6.45, 7) is 1.44. The molecular weight excluding hydrogens is 445 g/mol. The first-order valence-corrected chi connectivity index (χ1v) is 10.4. The van der Waals surface area contributed by atoms with Crippen LogP contribution in [0.3, 0.4) is 0 Å². The number of aliphatic hydroxyl groups excluding tert-OH is 1. The number of rotatable bonds is 8. The molecule has 3 aromatic carbocycles. The molecule has 33 heavy (non-hydrogen) atoms. The van der Waals surface area contributed by atoms with Crippen molar-refractivity contribution in [2.75, 3.05) is 6.61 Å². The van der Waals surface area contributed by atoms with E-state index < -0.39 is 6.10 Å². The number of fused-ring (bicyclic) bond motifs is 1. The maximum Gasteiger partial charge on any atom is 0.328 e. The molecule has 1 unspecified atom stereocenters. The second-order valence-corrected chi connectivity index (χ2v) is 7.85. The van der Waals surface area contributed by atoms with Gasteiger partial charge in [0.15, 0.2) is 0 Å². The number of ether oxygens (including phenoxy) is 1. The summed E-state index contributed by atoms with van der Waals surface area (Å²) in [4.78, 5) is 12.1. The molecule has 4 rings (SSSR count). The van der Waals surface area contributed by atoms with E-state index in [1.54, 1.807) is 35.4 Å². The molecule has 0 saturated carbocycles. The third-order valence-electron chi connectivity index (χ3n) is 5.58. The molecule has 0 fully saturated rings. The first-order chi connectivity index (χ1) is 15.4. The Hall–Kier alpha value is -3.13. The van der Waals surface area contributed by atoms with Gasteiger partial charge in [-0.15, -0.1) is 0 Å². The highest BCUT2D eigenvalue weighted by molar-refractivity contribution is 5.77. The number of imidazole rings is 1. The fraction of sp³-hybridized carbons (Fsp3) is 0.240. The molecule has 1 heterocycles. The molecule has 6 nitrogen and oxygen atoms in total. The predicted octanol–water partition coefficient (Wildman–Crippen LogP) is 0.422. The van der Waals surface area contributed by atoms with Gasteiger partial charge in [0.05, 0.1) is 11.0 Å². The molecule has 4 aromatic rings. The summed E-state index contributed by atoms with van der Waals surface area (Å²) >= 11 is 0. The Morgan fingerprint density at radius 2 is 1.48 bits per heavy atom. The summed E-state index contributed by atoms with van der Waals surface area (Å²) in [5.41, 5.74) is 4.30. The van der Waals surface area contributed by atoms with Gasteiger partial charge < -0.3 is 27.6 Å². The normalized spacial score (nSPS) is 11.9. The van der Waals surface area contributed by atoms with E-state index in [4.69, 9.17) is 4.74 Å². The minimum absolute atomic E-state index is 0. The molecule has 1 atom stereocenters. The zero-order valence-corrected chi connectivity index (χ0v) is 19.2. The number of benzene rings is 3. The van der Waals surface area contributed by atoms with E-state index in [1.165, 1.54) is 12.1 Å². The van der Waals surface area contributed by atoms with E-state index in [0.717, 1.165) is 22.2 Å². The van der Waals surface area contributed by atoms with Gasteiger partial charge >= 0.3 is 5.69 Å². The standard InChI is InChI=1S/C25H26FN3O3.ClH/c1-28-22-12-7-19(13-23(22)29(2)25(28)31)24(30)16-32-21-10-5-18(6-11-21)15-27-14-17-3-8-20(26)9-4-17;/h3-13,24,27,30H,14-16H2,1-2H3;1H/p-1. The lowest BCUT2D eigenvalue weighted by atomic mass is 10.1. The zero-order chi connectivity index (χ0) is 22.7. The Morgan fingerprint density at radius 1 is 0.909 bits per heavy atom. The quantitative estimate of drug-likeness (QED) is 0.392. The van der Waals surface area contributed by atoms with Crippen LogP contribution in [0.25, 0.3) is 11.0 Å². The van der Waals surface area contributed by atoms with Crippen molar-refractivity contribution in [1.82, 2.24) is 14.5 Å². The largest absolute Gasteiger partial charge is 1.00 e. The maximum absolute atomic E-state index is 13.0. The highest BCUT2D eigenvalue weighted by Crippen LogP contribution is 2.21. The van der Waals surface area contributed by atoms with Crippen LogP contribution in [0, 0.1) is 5.82 Å². The van der Waals surface area contributed by atoms with Crippen LogP contribution in [-0.4, -0.2) is 20.8 Å². The average molecular weight is 471 g/mol. The Bertz CT molecular complexity index is 1270. The Kier molecular flexibility index (Phi) is 7.92. The van der Waals surface area contributed by atoms with Gasteiger partial charge in [-0.3, -0.25) is 9.13 Å². The monoisotopic (exact) mass is 470 g/mol. The van der Waals surface area contributed by atoms with Crippen LogP contribution in [0.4, 0.5) is 4.39 Å². The van der Waals surface area contributed by atoms with Crippen molar-refractivity contribution in [3.63, 3.8) is 0 Å². The van der Waals surface area contributed by atoms with E-state index in [1.807, 2.05) is 42.5 Å². The second-order valence-electron chi connectivity index (χ2n) is 7.85. The van der Waals surface area contributed by atoms with E-state index in [0.29, 0.717) is 24.4 Å². The molecule has 0 spiro atoms. The molecule has 1 aromatic heterocycles. The van der Waals surface area contributed by atoms with Crippen molar-refractivity contribution in [2.24, 2.45) is 14.1 Å². The van der Waals surface area contributed by atoms with Gasteiger partial charge in [-0.1, -0.05) is 30.3 Å². The van der Waals surface area contributed by atoms with Crippen LogP contribution >= 0.6 is 0 Å². The lowest BCUT2D eigenvalue weighted by Gasteiger charge is -2.14. The predicted molar refractivity (Wildman–Crippen MR) is 122 cm³/mol. The number of nitrogens with one attached hydrogen (secondary N) is 1. The summed E-state index contributed by atoms with van der Waals surface area (Å²) < 4.78 is 21.9. The third-order valence-corrected chi connectivity index (χ3v) is 5.58. The van der Waals surface area contributed by atoms with Gasteiger partial charge in [-0.2, -0.15) is 0 Å². The first-order valence-electron chi connectivity index (χ1n) is 10.4. The summed E-state index contributed by atoms with van der Waals surface area (Å²) in [6.07, 6.45) is -0.813. The Balaban J connectivity index is 0.00000306. The van der Waals surface area contributed by atoms with Crippen LogP contribution in [0.2, 0.25) is 0 Å². The van der Waals surface area contributed by atoms with Gasteiger partial charge in [0.1, 0.15) is 24.3 Å². The Morgan fingerprint density at radius 3 is 2.12 bits per heavy atom. The highest BCUT2D eigenvalue weighted by Gasteiger charge is 2.13. The number of aromatic nitrogens is 2. The maximum atomic E-state index is 13.0. The van der Waals surface area contributed by atoms with E-state index >= 15 is 0 Å². The van der Waals surface area contributed by atoms with E-state index in [9.17, 15) is 14.3 Å². The van der Waals surface area contributed by atoms with Gasteiger partial charge in [-0.05, 0) is 53.1 Å². The molecule has 8 heteroatoms. The van der Waals surface area contributed by atoms with Crippen LogP contribution < -0.4 is 28.2 Å². The molecule has 0 saturated heterocycles. The van der Waals surface area contributed by atoms with Crippen molar-refractivity contribution in [1.29, 1.82) is 0 Å². The number of halogens is 2. The Labute approximate surface area is 197 Å². The number of hydrogen-bond acceptors (Lipinski definition) is 4. The molecule has 0 aliphatic carbocycles. The smallest absolute Gasteiger partial charge is 0.328 e. The van der Waals surface area contributed by atoms with Gasteiger partial charge in [-0.25, -0.2) is 9.18 Å². The molecule has 0 bridgehead atoms. The SMILES string of the molecule is Cn1c(=O)n(C)c2cc(C(O)COc3ccc(CNCc4ccc(F)cc4)cc3)ccc21.[Cl-]. The first kappa shape index (κ1) is 24.5. The molecular formula is C25H26ClFN3O3-. The number of hydrogen-bond donors (Lipinski definition) is 2. The number of aryl methyl sites for hydroxylation is 2. The lowest BCUT2D eigenvalue weighted by molar-refractivity contribution is -0.00000881. The highest BCUT2D eigenvalue weighted by atomic mass is 35.5. The number of nitrogens with zero attached hydrogens (tertiary/aromatic N) is 2. The third kappa shape index (κ3) is 5.63. The molecule has 0 radical (unpaired) electrons. The summed E-state index contributed by atoms with van der Waals surface area (Å²) in [6, 6.07) is 19.6. The van der Waals surface area contributed by atoms with Crippen molar-refractivity contribution in [2.45, 2.75) is 19.2 Å². The zero-order valence-electron chi connectivity index (χ0n) is 18.5. The molecule has 0 aliphatic heterocycles. The number of aliphatic hydroxyl groups is 1. The van der Waals surface area contributed by atoms with Crippen molar-refractivity contribution < 1.29 is 26.6 Å². The minimum atomic E-state index is -0.813. The van der Waals surface area contributed by atoms with Gasteiger partial charge in [0.2, 0.25) is 0 Å². The van der Waals surface area contributed by atoms with Crippen LogP contribution in [0.15, 0.2) is 71.5 Å². The topological polar surface area (TPSA) is 68.4 Å². The van der Waals surface area contributed by atoms with Crippen LogP contribution in [0.1, 0.15) is 22.8 Å². The fourth-order valence-electron chi connectivity index (χ4n) is 3.66. The summed E-state index contributed by atoms with van der Waals surface area (Å²) in [5, 5.41) is 13.9. The van der Waals surface area contributed by atoms with E-state index in [-0.39, 0.29) is 30.5 Å². The van der Waals surface area contributed by atoms with Crippen molar-refractivity contribution >= 4 is 11.0 Å². The van der Waals surface area contributed by atoms with Gasteiger partial charge in [0, 0.05) is 27.2 Å². The molecule has 0 aliphatic rings. The summed E-state index contributed by atoms with van der Waals surface area (Å²) in [5.74, 6) is 0.431. The molecule has 2 N–H and O–H groups in total. The van der Waals surface area contributed by atoms with Crippen LogP contribution in [0.5, 0.6) is 5.75 Å². The van der Waals surface area contributed by atoms with Crippen LogP contribution in [-0.2, 0) is 27.2 Å². The minimum Gasteiger partial charge on any atom is -1.00 e. The lowest BCUT2D eigenvalue weighted by Crippen LogP contribution is -3.00. The van der Waals surface area contributed by atoms with E-state index in [2.05, 4.69) is 5.32 Å². The second kappa shape index (κ2) is 10.7. The van der Waals surface area contributed by atoms with Gasteiger partial charge in [0.25, 0.3) is 0 Å². The fourth-order valence-corrected chi connectivity index (χ4v) is 3.66. The molecule has 174 valence electrons.